The van der Waals surface area contributed by atoms with Crippen molar-refractivity contribution in [3.8, 4) is 0 Å². The molecule has 1 heterocycles. The lowest BCUT2D eigenvalue weighted by Gasteiger charge is -2.13. The van der Waals surface area contributed by atoms with E-state index in [0.717, 1.165) is 11.2 Å². The van der Waals surface area contributed by atoms with Crippen molar-refractivity contribution in [3.63, 3.8) is 0 Å². The molecule has 0 aliphatic rings. The van der Waals surface area contributed by atoms with Crippen LogP contribution in [0.4, 0.5) is 0 Å². The average molecular weight is 246 g/mol. The Labute approximate surface area is 107 Å². The molecule has 17 heavy (non-hydrogen) atoms. The first kappa shape index (κ1) is 12.2. The molecule has 2 aromatic rings. The number of benzene rings is 1. The van der Waals surface area contributed by atoms with Crippen molar-refractivity contribution in [2.75, 3.05) is 0 Å². The average Bonchev–Trinajstić information content (AvgIpc) is 2.72. The Morgan fingerprint density at radius 2 is 2.00 bits per heavy atom. The molecule has 1 aromatic carbocycles. The summed E-state index contributed by atoms with van der Waals surface area (Å²) in [6, 6.07) is 8.38. The van der Waals surface area contributed by atoms with Gasteiger partial charge >= 0.3 is 0 Å². The molecule has 2 nitrogen and oxygen atoms in total. The molecule has 1 N–H and O–H groups in total. The lowest BCUT2D eigenvalue weighted by Crippen LogP contribution is -2.06. The molecular weight excluding hydrogens is 228 g/mol. The summed E-state index contributed by atoms with van der Waals surface area (Å²) in [4.78, 5) is 3.23. The zero-order valence-corrected chi connectivity index (χ0v) is 11.6. The van der Waals surface area contributed by atoms with Gasteiger partial charge in [-0.3, -0.25) is 0 Å². The second kappa shape index (κ2) is 4.57. The van der Waals surface area contributed by atoms with Gasteiger partial charge in [-0.1, -0.05) is 12.1 Å². The van der Waals surface area contributed by atoms with E-state index < -0.39 is 0 Å². The maximum absolute atomic E-state index is 4.61. The molecule has 0 unspecified atom stereocenters. The van der Waals surface area contributed by atoms with Gasteiger partial charge in [0, 0.05) is 27.4 Å². The molecule has 0 aliphatic carbocycles. The van der Waals surface area contributed by atoms with E-state index in [0.29, 0.717) is 0 Å². The second-order valence-electron chi connectivity index (χ2n) is 5.12. The summed E-state index contributed by atoms with van der Waals surface area (Å²) in [5.74, 6) is 0. The predicted molar refractivity (Wildman–Crippen MR) is 77.9 cm³/mol. The fourth-order valence-electron chi connectivity index (χ4n) is 1.66. The van der Waals surface area contributed by atoms with Crippen LogP contribution in [0.25, 0.3) is 10.9 Å². The van der Waals surface area contributed by atoms with Gasteiger partial charge in [0.1, 0.15) is 0 Å². The third-order valence-electron chi connectivity index (χ3n) is 2.44. The number of nitrogens with one attached hydrogen (secondary N) is 1. The lowest BCUT2D eigenvalue weighted by atomic mass is 10.1. The zero-order valence-electron chi connectivity index (χ0n) is 10.7. The molecule has 0 spiro atoms. The quantitative estimate of drug-likeness (QED) is 0.616. The Balaban J connectivity index is 2.36. The van der Waals surface area contributed by atoms with Gasteiger partial charge in [0.05, 0.1) is 5.71 Å². The predicted octanol–water partition coefficient (Wildman–Crippen LogP) is 4.42. The summed E-state index contributed by atoms with van der Waals surface area (Å²) in [6.07, 6.45) is 1.97. The summed E-state index contributed by atoms with van der Waals surface area (Å²) in [5, 5.41) is 1.24. The van der Waals surface area contributed by atoms with Crippen molar-refractivity contribution in [1.29, 1.82) is 0 Å². The van der Waals surface area contributed by atoms with E-state index in [1.807, 2.05) is 6.20 Å². The topological polar surface area (TPSA) is 28.1 Å². The summed E-state index contributed by atoms with van der Waals surface area (Å²) in [7, 11) is 0. The molecule has 0 fully saturated rings. The van der Waals surface area contributed by atoms with Crippen molar-refractivity contribution in [1.82, 2.24) is 4.98 Å². The number of aromatic amines is 1. The largest absolute Gasteiger partial charge is 0.361 e. The van der Waals surface area contributed by atoms with Crippen LogP contribution in [-0.2, 0) is 0 Å². The number of fused-ring (bicyclic) bond motifs is 1. The van der Waals surface area contributed by atoms with Gasteiger partial charge in [-0.2, -0.15) is 0 Å². The van der Waals surface area contributed by atoms with Crippen LogP contribution in [0, 0.1) is 0 Å². The summed E-state index contributed by atoms with van der Waals surface area (Å²) in [6.45, 7) is 8.59. The van der Waals surface area contributed by atoms with Crippen LogP contribution >= 0.6 is 11.9 Å². The highest BCUT2D eigenvalue weighted by molar-refractivity contribution is 7.99. The van der Waals surface area contributed by atoms with Crippen LogP contribution in [-0.4, -0.2) is 15.4 Å². The zero-order chi connectivity index (χ0) is 12.5. The molecule has 0 saturated heterocycles. The third kappa shape index (κ3) is 2.91. The summed E-state index contributed by atoms with van der Waals surface area (Å²) in [5.41, 5.74) is 3.45. The Bertz CT molecular complexity index is 547. The van der Waals surface area contributed by atoms with E-state index >= 15 is 0 Å². The van der Waals surface area contributed by atoms with E-state index in [2.05, 4.69) is 61.3 Å². The highest BCUT2D eigenvalue weighted by Gasteiger charge is 2.11. The molecule has 3 heteroatoms. The highest BCUT2D eigenvalue weighted by atomic mass is 32.2. The lowest BCUT2D eigenvalue weighted by molar-refractivity contribution is 0.804. The van der Waals surface area contributed by atoms with Crippen molar-refractivity contribution in [3.05, 3.63) is 36.0 Å². The van der Waals surface area contributed by atoms with Crippen LogP contribution in [0.1, 0.15) is 33.3 Å². The van der Waals surface area contributed by atoms with Crippen molar-refractivity contribution in [2.45, 2.75) is 32.4 Å². The van der Waals surface area contributed by atoms with Gasteiger partial charge in [0.25, 0.3) is 0 Å². The third-order valence-corrected chi connectivity index (χ3v) is 3.35. The molecule has 0 amide bonds. The van der Waals surface area contributed by atoms with Crippen LogP contribution < -0.4 is 0 Å². The molecule has 0 aliphatic heterocycles. The Morgan fingerprint density at radius 1 is 1.24 bits per heavy atom. The van der Waals surface area contributed by atoms with E-state index in [4.69, 9.17) is 0 Å². The van der Waals surface area contributed by atoms with Crippen LogP contribution in [0.3, 0.4) is 0 Å². The van der Waals surface area contributed by atoms with Crippen LogP contribution in [0.15, 0.2) is 34.9 Å². The van der Waals surface area contributed by atoms with E-state index in [9.17, 15) is 0 Å². The molecule has 0 bridgehead atoms. The molecule has 0 radical (unpaired) electrons. The Kier molecular flexibility index (Phi) is 3.29. The van der Waals surface area contributed by atoms with Gasteiger partial charge in [-0.05, 0) is 51.8 Å². The minimum Gasteiger partial charge on any atom is -0.361 e. The van der Waals surface area contributed by atoms with Gasteiger partial charge in [0.2, 0.25) is 0 Å². The fourth-order valence-corrected chi connectivity index (χ4v) is 2.16. The Morgan fingerprint density at radius 3 is 2.71 bits per heavy atom. The van der Waals surface area contributed by atoms with Crippen LogP contribution in [0.5, 0.6) is 0 Å². The summed E-state index contributed by atoms with van der Waals surface area (Å²) < 4.78 is 4.77. The highest BCUT2D eigenvalue weighted by Crippen LogP contribution is 2.26. The first-order valence-corrected chi connectivity index (χ1v) is 6.54. The summed E-state index contributed by atoms with van der Waals surface area (Å²) >= 11 is 1.63. The maximum Gasteiger partial charge on any atom is 0.0535 e. The molecular formula is C14H18N2S. The minimum atomic E-state index is 0.160. The molecule has 0 atom stereocenters. The maximum atomic E-state index is 4.61. The monoisotopic (exact) mass is 246 g/mol. The van der Waals surface area contributed by atoms with Crippen molar-refractivity contribution >= 4 is 28.6 Å². The van der Waals surface area contributed by atoms with Gasteiger partial charge in [0.15, 0.2) is 0 Å². The second-order valence-corrected chi connectivity index (χ2v) is 6.71. The number of aromatic nitrogens is 1. The van der Waals surface area contributed by atoms with Gasteiger partial charge in [-0.15, -0.1) is 0 Å². The Hall–Kier alpha value is -1.22. The fraction of sp³-hybridized carbons (Fsp3) is 0.357. The smallest absolute Gasteiger partial charge is 0.0535 e. The number of H-pyrrole nitrogens is 1. The van der Waals surface area contributed by atoms with Crippen molar-refractivity contribution < 1.29 is 0 Å². The number of rotatable bonds is 2. The van der Waals surface area contributed by atoms with E-state index in [1.165, 1.54) is 10.9 Å². The first-order valence-electron chi connectivity index (χ1n) is 5.77. The number of hydrogen-bond donors (Lipinski definition) is 1. The van der Waals surface area contributed by atoms with Gasteiger partial charge in [-0.25, -0.2) is 4.40 Å². The number of hydrogen-bond acceptors (Lipinski definition) is 2. The molecule has 2 rings (SSSR count). The standard InChI is InChI=1S/C14H18N2S/c1-10(16-17-14(2,3)4)11-6-5-7-13-12(11)8-9-15-13/h5-9,15H,1-4H3/b16-10+. The first-order chi connectivity index (χ1) is 7.97. The van der Waals surface area contributed by atoms with E-state index in [-0.39, 0.29) is 4.75 Å². The molecule has 0 saturated carbocycles. The molecule has 1 aromatic heterocycles. The van der Waals surface area contributed by atoms with E-state index in [1.54, 1.807) is 11.9 Å². The molecule has 90 valence electrons. The number of nitrogens with zero attached hydrogens (tertiary/aromatic N) is 1. The van der Waals surface area contributed by atoms with Crippen molar-refractivity contribution in [2.24, 2.45) is 4.40 Å². The van der Waals surface area contributed by atoms with Gasteiger partial charge < -0.3 is 4.98 Å². The van der Waals surface area contributed by atoms with Crippen LogP contribution in [0.2, 0.25) is 0 Å². The minimum absolute atomic E-state index is 0.160. The SMILES string of the molecule is C/C(=N\SC(C)(C)C)c1cccc2[nH]ccc12. The normalized spacial score (nSPS) is 13.3.